The minimum absolute atomic E-state index is 0.0307. The quantitative estimate of drug-likeness (QED) is 0.187. The summed E-state index contributed by atoms with van der Waals surface area (Å²) in [6.45, 7) is 7.32. The van der Waals surface area contributed by atoms with Gasteiger partial charge in [-0.05, 0) is 51.5 Å². The maximum absolute atomic E-state index is 12.6. The second kappa shape index (κ2) is 12.9. The number of aromatic hydroxyl groups is 3. The topological polar surface area (TPSA) is 144 Å². The molecule has 186 valence electrons. The van der Waals surface area contributed by atoms with E-state index in [2.05, 4.69) is 5.32 Å². The van der Waals surface area contributed by atoms with Crippen molar-refractivity contribution in [3.05, 3.63) is 47.5 Å². The van der Waals surface area contributed by atoms with Gasteiger partial charge in [0.2, 0.25) is 0 Å². The Balaban J connectivity index is 1.93. The van der Waals surface area contributed by atoms with Gasteiger partial charge in [-0.1, -0.05) is 0 Å². The van der Waals surface area contributed by atoms with Crippen molar-refractivity contribution in [3.8, 4) is 23.0 Å². The molecule has 0 aliphatic heterocycles. The number of amides is 1. The third kappa shape index (κ3) is 7.45. The van der Waals surface area contributed by atoms with E-state index in [1.165, 1.54) is 24.3 Å². The second-order valence-corrected chi connectivity index (χ2v) is 9.84. The highest BCUT2D eigenvalue weighted by atomic mass is 28.4. The molecule has 0 aliphatic carbocycles. The summed E-state index contributed by atoms with van der Waals surface area (Å²) < 4.78 is 22.5. The molecule has 0 aliphatic rings. The molecule has 10 nitrogen and oxygen atoms in total. The lowest BCUT2D eigenvalue weighted by atomic mass is 10.0. The van der Waals surface area contributed by atoms with Crippen LogP contribution in [0.5, 0.6) is 23.0 Å². The van der Waals surface area contributed by atoms with Crippen LogP contribution in [0.3, 0.4) is 0 Å². The zero-order valence-corrected chi connectivity index (χ0v) is 20.5. The van der Waals surface area contributed by atoms with Crippen LogP contribution < -0.4 is 10.1 Å². The average molecular weight is 494 g/mol. The van der Waals surface area contributed by atoms with Gasteiger partial charge in [0.25, 0.3) is 0 Å². The molecule has 0 heterocycles. The van der Waals surface area contributed by atoms with Gasteiger partial charge in [-0.15, -0.1) is 0 Å². The molecule has 0 unspecified atom stereocenters. The number of hydrogen-bond acceptors (Lipinski definition) is 9. The summed E-state index contributed by atoms with van der Waals surface area (Å²) in [4.78, 5) is 24.7. The molecule has 2 rings (SSSR count). The SMILES string of the molecule is CCO[Si](CCCNC(=O)Oc1ccc(C(=O)c2ccc(O)cc2O)c(O)c1)(OCC)OCC. The van der Waals surface area contributed by atoms with Crippen LogP contribution >= 0.6 is 0 Å². The van der Waals surface area contributed by atoms with E-state index >= 15 is 0 Å². The zero-order valence-electron chi connectivity index (χ0n) is 19.5. The summed E-state index contributed by atoms with van der Waals surface area (Å²) in [5, 5.41) is 32.1. The lowest BCUT2D eigenvalue weighted by molar-refractivity contribution is 0.0707. The number of benzene rings is 2. The molecule has 0 fully saturated rings. The standard InChI is InChI=1S/C23H31NO9Si/c1-4-30-34(31-5-2,32-6-3)13-7-12-24-23(29)33-17-9-11-19(21(27)15-17)22(28)18-10-8-16(25)14-20(18)26/h8-11,14-15,25-27H,4-7,12-13H2,1-3H3,(H,24,29). The number of rotatable bonds is 13. The van der Waals surface area contributed by atoms with E-state index in [-0.39, 0.29) is 22.6 Å². The largest absolute Gasteiger partial charge is 0.508 e. The predicted molar refractivity (Wildman–Crippen MR) is 125 cm³/mol. The Kier molecular flexibility index (Phi) is 10.3. The maximum Gasteiger partial charge on any atom is 0.500 e. The minimum atomic E-state index is -2.79. The molecule has 0 bridgehead atoms. The Hall–Kier alpha value is -3.12. The first-order valence-corrected chi connectivity index (χ1v) is 13.0. The normalized spacial score (nSPS) is 11.3. The third-order valence-electron chi connectivity index (χ3n) is 4.67. The first kappa shape index (κ1) is 27.1. The number of ketones is 1. The van der Waals surface area contributed by atoms with E-state index in [0.29, 0.717) is 38.8 Å². The van der Waals surface area contributed by atoms with Gasteiger partial charge in [-0.3, -0.25) is 4.79 Å². The molecule has 2 aromatic carbocycles. The summed E-state index contributed by atoms with van der Waals surface area (Å²) in [6.07, 6.45) is -0.179. The molecule has 0 saturated carbocycles. The summed E-state index contributed by atoms with van der Waals surface area (Å²) in [5.41, 5.74) is -0.192. The van der Waals surface area contributed by atoms with E-state index in [1.54, 1.807) is 0 Å². The van der Waals surface area contributed by atoms with Crippen LogP contribution in [0.4, 0.5) is 4.79 Å². The van der Waals surface area contributed by atoms with Crippen LogP contribution in [0, 0.1) is 0 Å². The fraction of sp³-hybridized carbons (Fsp3) is 0.391. The van der Waals surface area contributed by atoms with Gasteiger partial charge in [-0.25, -0.2) is 4.79 Å². The summed E-state index contributed by atoms with van der Waals surface area (Å²) in [6, 6.07) is 7.79. The Morgan fingerprint density at radius 2 is 1.41 bits per heavy atom. The van der Waals surface area contributed by atoms with Crippen molar-refractivity contribution in [2.75, 3.05) is 26.4 Å². The van der Waals surface area contributed by atoms with Crippen molar-refractivity contribution in [2.24, 2.45) is 0 Å². The lowest BCUT2D eigenvalue weighted by Gasteiger charge is -2.28. The molecule has 0 spiro atoms. The second-order valence-electron chi connectivity index (χ2n) is 7.11. The van der Waals surface area contributed by atoms with E-state index in [0.717, 1.165) is 12.1 Å². The van der Waals surface area contributed by atoms with Gasteiger partial charge in [-0.2, -0.15) is 0 Å². The molecule has 4 N–H and O–H groups in total. The first-order chi connectivity index (χ1) is 16.2. The summed E-state index contributed by atoms with van der Waals surface area (Å²) >= 11 is 0. The molecule has 1 amide bonds. The Bertz CT molecular complexity index is 966. The molecular formula is C23H31NO9Si. The highest BCUT2D eigenvalue weighted by Crippen LogP contribution is 2.30. The smallest absolute Gasteiger partial charge is 0.500 e. The highest BCUT2D eigenvalue weighted by molar-refractivity contribution is 6.60. The van der Waals surface area contributed by atoms with Gasteiger partial charge >= 0.3 is 14.9 Å². The number of phenols is 3. The molecule has 0 radical (unpaired) electrons. The predicted octanol–water partition coefficient (Wildman–Crippen LogP) is 3.56. The zero-order chi connectivity index (χ0) is 25.1. The Morgan fingerprint density at radius 3 is 1.94 bits per heavy atom. The first-order valence-electron chi connectivity index (χ1n) is 11.0. The van der Waals surface area contributed by atoms with Gasteiger partial charge < -0.3 is 38.7 Å². The van der Waals surface area contributed by atoms with Gasteiger partial charge in [0.15, 0.2) is 5.78 Å². The van der Waals surface area contributed by atoms with E-state index in [9.17, 15) is 24.9 Å². The van der Waals surface area contributed by atoms with Crippen molar-refractivity contribution in [2.45, 2.75) is 33.2 Å². The van der Waals surface area contributed by atoms with Gasteiger partial charge in [0.1, 0.15) is 23.0 Å². The lowest BCUT2D eigenvalue weighted by Crippen LogP contribution is -2.46. The van der Waals surface area contributed by atoms with E-state index in [4.69, 9.17) is 18.0 Å². The third-order valence-corrected chi connectivity index (χ3v) is 7.82. The molecule has 0 atom stereocenters. The molecular weight excluding hydrogens is 462 g/mol. The number of hydrogen-bond donors (Lipinski definition) is 4. The van der Waals surface area contributed by atoms with Crippen molar-refractivity contribution in [3.63, 3.8) is 0 Å². The maximum atomic E-state index is 12.6. The fourth-order valence-corrected chi connectivity index (χ4v) is 5.88. The van der Waals surface area contributed by atoms with Crippen molar-refractivity contribution in [1.29, 1.82) is 0 Å². The Labute approximate surface area is 199 Å². The van der Waals surface area contributed by atoms with E-state index in [1.807, 2.05) is 20.8 Å². The molecule has 11 heteroatoms. The van der Waals surface area contributed by atoms with Crippen molar-refractivity contribution in [1.82, 2.24) is 5.32 Å². The van der Waals surface area contributed by atoms with Crippen LogP contribution in [-0.2, 0) is 13.3 Å². The monoisotopic (exact) mass is 493 g/mol. The van der Waals surface area contributed by atoms with Crippen LogP contribution in [0.2, 0.25) is 6.04 Å². The van der Waals surface area contributed by atoms with Gasteiger partial charge in [0, 0.05) is 44.5 Å². The number of carbonyl (C=O) groups excluding carboxylic acids is 2. The number of ether oxygens (including phenoxy) is 1. The van der Waals surface area contributed by atoms with Crippen LogP contribution in [0.15, 0.2) is 36.4 Å². The fourth-order valence-electron chi connectivity index (χ4n) is 3.26. The minimum Gasteiger partial charge on any atom is -0.508 e. The molecule has 0 aromatic heterocycles. The number of carbonyl (C=O) groups is 2. The molecule has 34 heavy (non-hydrogen) atoms. The van der Waals surface area contributed by atoms with Gasteiger partial charge in [0.05, 0.1) is 11.1 Å². The average Bonchev–Trinajstić information content (AvgIpc) is 2.77. The molecule has 0 saturated heterocycles. The van der Waals surface area contributed by atoms with E-state index < -0.39 is 32.2 Å². The van der Waals surface area contributed by atoms with Crippen LogP contribution in [-0.4, -0.2) is 62.4 Å². The Morgan fingerprint density at radius 1 is 0.853 bits per heavy atom. The number of phenolic OH excluding ortho intramolecular Hbond substituents is 3. The summed E-state index contributed by atoms with van der Waals surface area (Å²) in [7, 11) is -2.79. The number of nitrogens with one attached hydrogen (secondary N) is 1. The summed E-state index contributed by atoms with van der Waals surface area (Å²) in [5.74, 6) is -1.67. The van der Waals surface area contributed by atoms with Crippen molar-refractivity contribution < 1.29 is 42.9 Å². The highest BCUT2D eigenvalue weighted by Gasteiger charge is 2.39. The van der Waals surface area contributed by atoms with Crippen LogP contribution in [0.1, 0.15) is 43.1 Å². The molecule has 2 aromatic rings. The van der Waals surface area contributed by atoms with Crippen molar-refractivity contribution >= 4 is 20.7 Å². The van der Waals surface area contributed by atoms with Crippen LogP contribution in [0.25, 0.3) is 0 Å².